The van der Waals surface area contributed by atoms with Gasteiger partial charge in [0.15, 0.2) is 0 Å². The number of ketones is 1. The zero-order valence-corrected chi connectivity index (χ0v) is 17.2. The van der Waals surface area contributed by atoms with Gasteiger partial charge in [-0.2, -0.15) is 0 Å². The van der Waals surface area contributed by atoms with Crippen LogP contribution in [0.4, 0.5) is 4.39 Å². The van der Waals surface area contributed by atoms with Crippen LogP contribution in [0.15, 0.2) is 84.4 Å². The molecule has 1 unspecified atom stereocenters. The number of rotatable bonds is 5. The zero-order valence-electron chi connectivity index (χ0n) is 16.5. The molecule has 3 aromatic carbocycles. The molecule has 6 heteroatoms. The molecule has 0 spiro atoms. The van der Waals surface area contributed by atoms with Gasteiger partial charge in [-0.3, -0.25) is 9.59 Å². The van der Waals surface area contributed by atoms with Gasteiger partial charge in [0, 0.05) is 17.1 Å². The molecular weight excluding hydrogens is 417 g/mol. The summed E-state index contributed by atoms with van der Waals surface area (Å²) in [5, 5.41) is 11.5. The second-order valence-electron chi connectivity index (χ2n) is 7.29. The number of carbonyl (C=O) groups is 2. The van der Waals surface area contributed by atoms with E-state index in [9.17, 15) is 19.1 Å². The Labute approximate surface area is 184 Å². The number of benzene rings is 3. The number of nitrogens with zero attached hydrogens (tertiary/aromatic N) is 1. The van der Waals surface area contributed by atoms with Crippen molar-refractivity contribution in [2.75, 3.05) is 6.54 Å². The normalized spacial score (nSPS) is 17.9. The molecule has 1 fully saturated rings. The smallest absolute Gasteiger partial charge is 0.295 e. The Bertz CT molecular complexity index is 1140. The van der Waals surface area contributed by atoms with Gasteiger partial charge in [-0.1, -0.05) is 66.2 Å². The third-order valence-corrected chi connectivity index (χ3v) is 5.58. The maximum Gasteiger partial charge on any atom is 0.295 e. The number of Topliss-reactive ketones (excluding diaryl/α,β-unsaturated/α-hetero) is 1. The monoisotopic (exact) mass is 435 g/mol. The van der Waals surface area contributed by atoms with Gasteiger partial charge < -0.3 is 10.0 Å². The molecule has 0 saturated carbocycles. The number of amides is 1. The van der Waals surface area contributed by atoms with E-state index in [-0.39, 0.29) is 23.7 Å². The Balaban J connectivity index is 1.75. The molecule has 0 bridgehead atoms. The van der Waals surface area contributed by atoms with Gasteiger partial charge >= 0.3 is 0 Å². The fourth-order valence-corrected chi connectivity index (χ4v) is 3.88. The quantitative estimate of drug-likeness (QED) is 0.343. The average Bonchev–Trinajstić information content (AvgIpc) is 3.04. The van der Waals surface area contributed by atoms with E-state index in [1.54, 1.807) is 66.7 Å². The summed E-state index contributed by atoms with van der Waals surface area (Å²) in [7, 11) is 0. The Hall–Kier alpha value is -3.44. The summed E-state index contributed by atoms with van der Waals surface area (Å²) in [5.41, 5.74) is 2.00. The lowest BCUT2D eigenvalue weighted by molar-refractivity contribution is -0.139. The van der Waals surface area contributed by atoms with Crippen molar-refractivity contribution in [3.63, 3.8) is 0 Å². The van der Waals surface area contributed by atoms with Crippen LogP contribution < -0.4 is 0 Å². The van der Waals surface area contributed by atoms with Gasteiger partial charge in [-0.05, 0) is 41.8 Å². The lowest BCUT2D eigenvalue weighted by Gasteiger charge is -2.25. The van der Waals surface area contributed by atoms with Crippen molar-refractivity contribution in [2.24, 2.45) is 0 Å². The molecule has 4 rings (SSSR count). The van der Waals surface area contributed by atoms with Crippen LogP contribution in [-0.4, -0.2) is 28.2 Å². The molecule has 0 aromatic heterocycles. The number of aliphatic hydroxyl groups is 1. The third-order valence-electron chi connectivity index (χ3n) is 5.33. The van der Waals surface area contributed by atoms with Crippen molar-refractivity contribution in [1.82, 2.24) is 4.90 Å². The van der Waals surface area contributed by atoms with Gasteiger partial charge in [0.05, 0.1) is 11.6 Å². The number of hydrogen-bond acceptors (Lipinski definition) is 3. The van der Waals surface area contributed by atoms with E-state index >= 15 is 0 Å². The van der Waals surface area contributed by atoms with Crippen LogP contribution in [0.2, 0.25) is 5.02 Å². The van der Waals surface area contributed by atoms with Gasteiger partial charge in [0.25, 0.3) is 11.7 Å². The molecular formula is C25H19ClFNO3. The first-order valence-electron chi connectivity index (χ1n) is 9.79. The van der Waals surface area contributed by atoms with Crippen molar-refractivity contribution in [2.45, 2.75) is 12.5 Å². The Kier molecular flexibility index (Phi) is 5.87. The first-order valence-corrected chi connectivity index (χ1v) is 10.2. The maximum atomic E-state index is 13.2. The first kappa shape index (κ1) is 20.8. The van der Waals surface area contributed by atoms with E-state index in [2.05, 4.69) is 0 Å². The molecule has 1 heterocycles. The van der Waals surface area contributed by atoms with Crippen molar-refractivity contribution in [3.8, 4) is 0 Å². The molecule has 1 saturated heterocycles. The molecule has 1 N–H and O–H groups in total. The van der Waals surface area contributed by atoms with Gasteiger partial charge in [-0.15, -0.1) is 0 Å². The minimum atomic E-state index is -0.752. The molecule has 0 radical (unpaired) electrons. The molecule has 1 aliphatic rings. The van der Waals surface area contributed by atoms with Crippen molar-refractivity contribution >= 4 is 29.1 Å². The Morgan fingerprint density at radius 3 is 2.23 bits per heavy atom. The number of hydrogen-bond donors (Lipinski definition) is 1. The first-order chi connectivity index (χ1) is 15.0. The van der Waals surface area contributed by atoms with Crippen LogP contribution in [0.3, 0.4) is 0 Å². The highest BCUT2D eigenvalue weighted by Crippen LogP contribution is 2.39. The molecule has 156 valence electrons. The summed E-state index contributed by atoms with van der Waals surface area (Å²) in [6, 6.07) is 20.7. The minimum absolute atomic E-state index is 0.0395. The van der Waals surface area contributed by atoms with Crippen LogP contribution in [0, 0.1) is 5.82 Å². The number of halogens is 2. The Morgan fingerprint density at radius 1 is 0.935 bits per heavy atom. The predicted molar refractivity (Wildman–Crippen MR) is 117 cm³/mol. The summed E-state index contributed by atoms with van der Waals surface area (Å²) in [4.78, 5) is 27.3. The molecule has 31 heavy (non-hydrogen) atoms. The molecule has 4 nitrogen and oxygen atoms in total. The van der Waals surface area contributed by atoms with Crippen LogP contribution >= 0.6 is 11.6 Å². The summed E-state index contributed by atoms with van der Waals surface area (Å²) >= 11 is 6.02. The van der Waals surface area contributed by atoms with E-state index in [0.717, 1.165) is 5.56 Å². The van der Waals surface area contributed by atoms with E-state index < -0.39 is 17.7 Å². The SMILES string of the molecule is O=C1C(=O)N(CCc2ccc(F)cc2)C(c2ccc(Cl)cc2)/C1=C(/O)c1ccccc1. The van der Waals surface area contributed by atoms with Gasteiger partial charge in [0.1, 0.15) is 11.6 Å². The summed E-state index contributed by atoms with van der Waals surface area (Å²) < 4.78 is 13.2. The largest absolute Gasteiger partial charge is 0.507 e. The van der Waals surface area contributed by atoms with Crippen LogP contribution in [-0.2, 0) is 16.0 Å². The van der Waals surface area contributed by atoms with Crippen LogP contribution in [0.1, 0.15) is 22.7 Å². The summed E-state index contributed by atoms with van der Waals surface area (Å²) in [6.45, 7) is 0.231. The van der Waals surface area contributed by atoms with E-state index in [1.165, 1.54) is 17.0 Å². The second-order valence-corrected chi connectivity index (χ2v) is 7.72. The highest BCUT2D eigenvalue weighted by atomic mass is 35.5. The molecule has 1 aliphatic heterocycles. The van der Waals surface area contributed by atoms with Crippen LogP contribution in [0.25, 0.3) is 5.76 Å². The standard InChI is InChI=1S/C25H19ClFNO3/c26-19-10-8-17(9-11-19)22-21(23(29)18-4-2-1-3-5-18)24(30)25(31)28(22)15-14-16-6-12-20(27)13-7-16/h1-13,22,29H,14-15H2/b23-21-. The third kappa shape index (κ3) is 4.23. The Morgan fingerprint density at radius 2 is 1.58 bits per heavy atom. The predicted octanol–water partition coefficient (Wildman–Crippen LogP) is 5.14. The number of aliphatic hydroxyl groups excluding tert-OH is 1. The van der Waals surface area contributed by atoms with Crippen molar-refractivity contribution < 1.29 is 19.1 Å². The van der Waals surface area contributed by atoms with Crippen molar-refractivity contribution in [3.05, 3.63) is 112 Å². The van der Waals surface area contributed by atoms with Gasteiger partial charge in [0.2, 0.25) is 0 Å². The van der Waals surface area contributed by atoms with Crippen LogP contribution in [0.5, 0.6) is 0 Å². The summed E-state index contributed by atoms with van der Waals surface area (Å²) in [5.74, 6) is -1.98. The van der Waals surface area contributed by atoms with E-state index in [4.69, 9.17) is 11.6 Å². The topological polar surface area (TPSA) is 57.6 Å². The molecule has 3 aromatic rings. The second kappa shape index (κ2) is 8.74. The fraction of sp³-hybridized carbons (Fsp3) is 0.120. The number of carbonyl (C=O) groups excluding carboxylic acids is 2. The fourth-order valence-electron chi connectivity index (χ4n) is 3.75. The lowest BCUT2D eigenvalue weighted by atomic mass is 9.95. The minimum Gasteiger partial charge on any atom is -0.507 e. The maximum absolute atomic E-state index is 13.2. The zero-order chi connectivity index (χ0) is 22.0. The van der Waals surface area contributed by atoms with E-state index in [0.29, 0.717) is 22.6 Å². The summed E-state index contributed by atoms with van der Waals surface area (Å²) in [6.07, 6.45) is 0.433. The highest BCUT2D eigenvalue weighted by Gasteiger charge is 2.45. The molecule has 1 atom stereocenters. The molecule has 0 aliphatic carbocycles. The number of likely N-dealkylation sites (tertiary alicyclic amines) is 1. The highest BCUT2D eigenvalue weighted by molar-refractivity contribution is 6.46. The van der Waals surface area contributed by atoms with Gasteiger partial charge in [-0.25, -0.2) is 4.39 Å². The van der Waals surface area contributed by atoms with Crippen molar-refractivity contribution in [1.29, 1.82) is 0 Å². The molecule has 1 amide bonds. The average molecular weight is 436 g/mol. The lowest BCUT2D eigenvalue weighted by Crippen LogP contribution is -2.31. The van der Waals surface area contributed by atoms with E-state index in [1.807, 2.05) is 0 Å².